The summed E-state index contributed by atoms with van der Waals surface area (Å²) in [5, 5.41) is 13.5. The summed E-state index contributed by atoms with van der Waals surface area (Å²) in [4.78, 5) is 40.1. The Morgan fingerprint density at radius 1 is 1.24 bits per heavy atom. The molecule has 3 amide bonds. The van der Waals surface area contributed by atoms with Gasteiger partial charge in [0.2, 0.25) is 0 Å². The number of aliphatic hydroxyl groups excluding tert-OH is 1. The monoisotopic (exact) mass is 547 g/mol. The highest BCUT2D eigenvalue weighted by molar-refractivity contribution is 8.00. The van der Waals surface area contributed by atoms with E-state index in [1.165, 1.54) is 36.0 Å². The van der Waals surface area contributed by atoms with Crippen LogP contribution in [-0.4, -0.2) is 68.5 Å². The van der Waals surface area contributed by atoms with Crippen molar-refractivity contribution in [2.75, 3.05) is 12.5 Å². The smallest absolute Gasteiger partial charge is 0.407 e. The second-order valence-corrected chi connectivity index (χ2v) is 10.9. The lowest BCUT2D eigenvalue weighted by molar-refractivity contribution is -0.160. The van der Waals surface area contributed by atoms with E-state index in [-0.39, 0.29) is 29.6 Å². The van der Waals surface area contributed by atoms with Gasteiger partial charge in [-0.15, -0.1) is 11.8 Å². The molecule has 0 radical (unpaired) electrons. The third-order valence-electron chi connectivity index (χ3n) is 6.14. The molecule has 2 aromatic rings. The first-order chi connectivity index (χ1) is 18.0. The Kier molecular flexibility index (Phi) is 9.87. The van der Waals surface area contributed by atoms with Crippen LogP contribution in [0.2, 0.25) is 0 Å². The molecule has 0 spiro atoms. The number of nitrogens with one attached hydrogen (secondary N) is 1. The Bertz CT molecular complexity index is 1150. The van der Waals surface area contributed by atoms with E-state index < -0.39 is 53.2 Å². The molecular formula is C27H31F2N3O5S. The third kappa shape index (κ3) is 7.11. The van der Waals surface area contributed by atoms with E-state index in [1.54, 1.807) is 44.2 Å². The van der Waals surface area contributed by atoms with Crippen molar-refractivity contribution in [1.29, 1.82) is 0 Å². The van der Waals surface area contributed by atoms with Crippen LogP contribution in [0.15, 0.2) is 67.3 Å². The number of nitrogens with zero attached hydrogens (tertiary/aromatic N) is 2. The van der Waals surface area contributed by atoms with Crippen LogP contribution >= 0.6 is 11.8 Å². The van der Waals surface area contributed by atoms with Crippen LogP contribution in [0, 0.1) is 5.82 Å². The minimum atomic E-state index is -1.77. The zero-order valence-corrected chi connectivity index (χ0v) is 22.0. The molecule has 0 saturated carbocycles. The molecule has 1 fully saturated rings. The van der Waals surface area contributed by atoms with Gasteiger partial charge in [-0.25, -0.2) is 9.18 Å². The number of alkyl carbamates (subject to hydrolysis) is 1. The minimum absolute atomic E-state index is 0.00576. The zero-order valence-electron chi connectivity index (χ0n) is 21.2. The third-order valence-corrected chi connectivity index (χ3v) is 7.51. The topological polar surface area (TPSA) is 99.2 Å². The maximum atomic E-state index is 15.1. The van der Waals surface area contributed by atoms with E-state index in [1.807, 2.05) is 0 Å². The molecule has 2 N–H and O–H groups in total. The molecule has 1 aliphatic heterocycles. The van der Waals surface area contributed by atoms with Crippen LogP contribution < -0.4 is 5.32 Å². The molecule has 1 unspecified atom stereocenters. The lowest BCUT2D eigenvalue weighted by Crippen LogP contribution is -2.58. The molecule has 0 aromatic heterocycles. The number of amides is 3. The fourth-order valence-corrected chi connectivity index (χ4v) is 5.29. The second-order valence-electron chi connectivity index (χ2n) is 9.31. The summed E-state index contributed by atoms with van der Waals surface area (Å²) in [5.41, 5.74) is 0.715. The van der Waals surface area contributed by atoms with Gasteiger partial charge in [-0.05, 0) is 31.9 Å². The number of rotatable bonds is 10. The molecule has 0 bridgehead atoms. The number of carbonyl (C=O) groups is 3. The lowest BCUT2D eigenvalue weighted by atomic mass is 9.97. The van der Waals surface area contributed by atoms with Crippen LogP contribution in [0.5, 0.6) is 0 Å². The van der Waals surface area contributed by atoms with Gasteiger partial charge >= 0.3 is 6.09 Å². The van der Waals surface area contributed by atoms with Gasteiger partial charge in [-0.2, -0.15) is 5.12 Å². The number of hydrogen-bond donors (Lipinski definition) is 2. The molecule has 1 saturated heterocycles. The van der Waals surface area contributed by atoms with Crippen LogP contribution in [0.25, 0.3) is 0 Å². The fraction of sp³-hybridized carbons (Fsp3) is 0.370. The maximum absolute atomic E-state index is 15.1. The number of hydrogen-bond acceptors (Lipinski definition) is 6. The molecule has 11 heteroatoms. The van der Waals surface area contributed by atoms with E-state index in [4.69, 9.17) is 4.74 Å². The van der Waals surface area contributed by atoms with E-state index >= 15 is 4.48 Å². The summed E-state index contributed by atoms with van der Waals surface area (Å²) in [6, 6.07) is 12.0. The van der Waals surface area contributed by atoms with Crippen molar-refractivity contribution >= 4 is 29.7 Å². The van der Waals surface area contributed by atoms with Crippen molar-refractivity contribution in [3.05, 3.63) is 84.2 Å². The molecular weight excluding hydrogens is 516 g/mol. The molecule has 38 heavy (non-hydrogen) atoms. The Hall–Kier alpha value is -3.44. The van der Waals surface area contributed by atoms with Crippen molar-refractivity contribution in [1.82, 2.24) is 15.3 Å². The van der Waals surface area contributed by atoms with Gasteiger partial charge in [0.1, 0.15) is 18.5 Å². The normalized spacial score (nSPS) is 17.8. The van der Waals surface area contributed by atoms with Crippen LogP contribution in [0.4, 0.5) is 13.7 Å². The zero-order chi connectivity index (χ0) is 27.9. The Balaban J connectivity index is 1.81. The standard InChI is InChI=1S/C27H31F2N3O5S/c1-4-14-37-26(36)30-21(15-18-10-6-5-7-11-18)22(33)24(34)31-17-38-27(2,3)23(31)25(35)32(29)16-19-12-8-9-13-20(19)28/h4-13,21-23,33H,1,14-17H2,2-3H3,(H,30,36)/t21-,22-,23?/m0/s1. The summed E-state index contributed by atoms with van der Waals surface area (Å²) >= 11 is 1.24. The van der Waals surface area contributed by atoms with Crippen molar-refractivity contribution in [3.63, 3.8) is 0 Å². The average Bonchev–Trinajstić information content (AvgIpc) is 3.22. The highest BCUT2D eigenvalue weighted by Gasteiger charge is 2.51. The summed E-state index contributed by atoms with van der Waals surface area (Å²) in [6.07, 6.45) is -1.17. The summed E-state index contributed by atoms with van der Waals surface area (Å²) in [5.74, 6) is -2.55. The first-order valence-corrected chi connectivity index (χ1v) is 12.9. The lowest BCUT2D eigenvalue weighted by Gasteiger charge is -2.34. The van der Waals surface area contributed by atoms with Gasteiger partial charge < -0.3 is 20.1 Å². The number of benzene rings is 2. The van der Waals surface area contributed by atoms with E-state index in [0.717, 1.165) is 16.5 Å². The van der Waals surface area contributed by atoms with E-state index in [0.29, 0.717) is 0 Å². The van der Waals surface area contributed by atoms with Crippen LogP contribution in [0.3, 0.4) is 0 Å². The average molecular weight is 548 g/mol. The highest BCUT2D eigenvalue weighted by Crippen LogP contribution is 2.40. The summed E-state index contributed by atoms with van der Waals surface area (Å²) in [6.45, 7) is 6.13. The maximum Gasteiger partial charge on any atom is 0.407 e. The predicted molar refractivity (Wildman–Crippen MR) is 140 cm³/mol. The second kappa shape index (κ2) is 12.9. The molecule has 1 heterocycles. The van der Waals surface area contributed by atoms with Gasteiger partial charge in [-0.1, -0.05) is 65.7 Å². The van der Waals surface area contributed by atoms with Gasteiger partial charge in [0.05, 0.1) is 18.5 Å². The highest BCUT2D eigenvalue weighted by atomic mass is 32.2. The Morgan fingerprint density at radius 3 is 2.55 bits per heavy atom. The number of thioether (sulfide) groups is 1. The molecule has 2 aromatic carbocycles. The van der Waals surface area contributed by atoms with Gasteiger partial charge in [-0.3, -0.25) is 9.59 Å². The van der Waals surface area contributed by atoms with Crippen molar-refractivity contribution < 1.29 is 33.1 Å². The van der Waals surface area contributed by atoms with E-state index in [2.05, 4.69) is 11.9 Å². The largest absolute Gasteiger partial charge is 0.445 e. The molecule has 0 aliphatic carbocycles. The quantitative estimate of drug-likeness (QED) is 0.348. The fourth-order valence-electron chi connectivity index (χ4n) is 4.15. The van der Waals surface area contributed by atoms with E-state index in [9.17, 15) is 23.9 Å². The summed E-state index contributed by atoms with van der Waals surface area (Å²) in [7, 11) is 0. The number of aliphatic hydroxyl groups is 1. The Morgan fingerprint density at radius 2 is 1.89 bits per heavy atom. The van der Waals surface area contributed by atoms with Gasteiger partial charge in [0.25, 0.3) is 11.8 Å². The van der Waals surface area contributed by atoms with Gasteiger partial charge in [0.15, 0.2) is 6.10 Å². The van der Waals surface area contributed by atoms with Crippen LogP contribution in [0.1, 0.15) is 25.0 Å². The van der Waals surface area contributed by atoms with Crippen molar-refractivity contribution in [3.8, 4) is 0 Å². The minimum Gasteiger partial charge on any atom is -0.445 e. The number of carbonyl (C=O) groups excluding carboxylic acids is 3. The van der Waals surface area contributed by atoms with Crippen molar-refractivity contribution in [2.24, 2.45) is 0 Å². The van der Waals surface area contributed by atoms with Gasteiger partial charge in [0, 0.05) is 10.3 Å². The van der Waals surface area contributed by atoms with Crippen LogP contribution in [-0.2, 0) is 27.3 Å². The first kappa shape index (κ1) is 29.1. The number of halogens is 2. The molecule has 204 valence electrons. The molecule has 1 aliphatic rings. The predicted octanol–water partition coefficient (Wildman–Crippen LogP) is 3.60. The van der Waals surface area contributed by atoms with Crippen molar-refractivity contribution in [2.45, 2.75) is 49.7 Å². The SMILES string of the molecule is C=CCOC(=O)N[C@@H](Cc1ccccc1)[C@H](O)C(=O)N1CSC(C)(C)C1C(=O)N(F)Cc1ccccc1F. The Labute approximate surface area is 224 Å². The first-order valence-electron chi connectivity index (χ1n) is 12.0. The molecule has 3 atom stereocenters. The summed E-state index contributed by atoms with van der Waals surface area (Å²) < 4.78 is 33.2. The molecule has 3 rings (SSSR count). The molecule has 8 nitrogen and oxygen atoms in total. The number of ether oxygens (including phenoxy) is 1.